The van der Waals surface area contributed by atoms with Gasteiger partial charge in [0.2, 0.25) is 0 Å². The second-order valence-corrected chi connectivity index (χ2v) is 4.45. The van der Waals surface area contributed by atoms with Gasteiger partial charge in [-0.15, -0.1) is 0 Å². The highest BCUT2D eigenvalue weighted by molar-refractivity contribution is 5.92. The Morgan fingerprint density at radius 3 is 2.65 bits per heavy atom. The summed E-state index contributed by atoms with van der Waals surface area (Å²) in [5.41, 5.74) is -0.0296. The molecule has 1 fully saturated rings. The summed E-state index contributed by atoms with van der Waals surface area (Å²) in [6.45, 7) is 1.91. The Morgan fingerprint density at radius 1 is 1.53 bits per heavy atom. The van der Waals surface area contributed by atoms with Crippen LogP contribution >= 0.6 is 0 Å². The van der Waals surface area contributed by atoms with E-state index in [2.05, 4.69) is 0 Å². The lowest BCUT2D eigenvalue weighted by Crippen LogP contribution is -2.15. The normalized spacial score (nSPS) is 23.9. The second kappa shape index (κ2) is 4.25. The Morgan fingerprint density at radius 2 is 2.18 bits per heavy atom. The summed E-state index contributed by atoms with van der Waals surface area (Å²) in [6, 6.07) is 4.74. The van der Waals surface area contributed by atoms with Gasteiger partial charge in [0.05, 0.1) is 6.07 Å². The predicted molar refractivity (Wildman–Crippen MR) is 57.0 cm³/mol. The monoisotopic (exact) mass is 235 g/mol. The predicted octanol–water partition coefficient (Wildman–Crippen LogP) is 2.80. The molecule has 1 aliphatic carbocycles. The number of benzene rings is 1. The minimum atomic E-state index is -1.12. The molecule has 0 aromatic heterocycles. The molecule has 88 valence electrons. The van der Waals surface area contributed by atoms with Crippen molar-refractivity contribution in [2.45, 2.75) is 19.3 Å². The molecule has 1 saturated carbocycles. The lowest BCUT2D eigenvalue weighted by atomic mass is 9.92. The van der Waals surface area contributed by atoms with E-state index in [0.29, 0.717) is 6.07 Å². The van der Waals surface area contributed by atoms with E-state index >= 15 is 0 Å². The van der Waals surface area contributed by atoms with E-state index < -0.39 is 17.6 Å². The number of halogens is 2. The molecule has 4 heteroatoms. The Kier molecular flexibility index (Phi) is 2.93. The van der Waals surface area contributed by atoms with Gasteiger partial charge in [0.15, 0.2) is 5.78 Å². The minimum absolute atomic E-state index is 0.0296. The molecule has 1 aromatic carbocycles. The van der Waals surface area contributed by atoms with Crippen molar-refractivity contribution in [3.05, 3.63) is 35.4 Å². The molecule has 3 unspecified atom stereocenters. The smallest absolute Gasteiger partial charge is 0.157 e. The number of ketones is 1. The van der Waals surface area contributed by atoms with Crippen LogP contribution in [-0.4, -0.2) is 5.78 Å². The highest BCUT2D eigenvalue weighted by atomic mass is 19.1. The van der Waals surface area contributed by atoms with Crippen LogP contribution in [0.5, 0.6) is 0 Å². The topological polar surface area (TPSA) is 40.9 Å². The fraction of sp³-hybridized carbons (Fsp3) is 0.385. The molecule has 0 radical (unpaired) electrons. The maximum atomic E-state index is 13.5. The Balaban J connectivity index is 2.30. The van der Waals surface area contributed by atoms with Gasteiger partial charge in [-0.1, -0.05) is 13.0 Å². The number of rotatable bonds is 3. The van der Waals surface area contributed by atoms with Gasteiger partial charge in [0.1, 0.15) is 17.6 Å². The molecular weight excluding hydrogens is 224 g/mol. The average molecular weight is 235 g/mol. The van der Waals surface area contributed by atoms with Gasteiger partial charge >= 0.3 is 0 Å². The summed E-state index contributed by atoms with van der Waals surface area (Å²) in [5, 5.41) is 8.98. The Hall–Kier alpha value is -1.76. The number of hydrogen-bond donors (Lipinski definition) is 0. The number of nitrogens with zero attached hydrogens (tertiary/aromatic N) is 1. The van der Waals surface area contributed by atoms with Crippen LogP contribution in [0.25, 0.3) is 0 Å². The van der Waals surface area contributed by atoms with Gasteiger partial charge in [-0.3, -0.25) is 4.79 Å². The van der Waals surface area contributed by atoms with Crippen molar-refractivity contribution in [3.63, 3.8) is 0 Å². The lowest BCUT2D eigenvalue weighted by molar-refractivity contribution is -0.120. The molecule has 17 heavy (non-hydrogen) atoms. The van der Waals surface area contributed by atoms with Crippen LogP contribution in [0, 0.1) is 34.8 Å². The fourth-order valence-corrected chi connectivity index (χ4v) is 1.95. The van der Waals surface area contributed by atoms with E-state index in [1.54, 1.807) is 0 Å². The number of nitriles is 1. The van der Waals surface area contributed by atoms with E-state index in [-0.39, 0.29) is 23.2 Å². The van der Waals surface area contributed by atoms with Crippen molar-refractivity contribution < 1.29 is 13.6 Å². The van der Waals surface area contributed by atoms with Gasteiger partial charge in [-0.2, -0.15) is 5.26 Å². The summed E-state index contributed by atoms with van der Waals surface area (Å²) in [7, 11) is 0. The molecular formula is C13H11F2NO. The van der Waals surface area contributed by atoms with Crippen LogP contribution in [0.2, 0.25) is 0 Å². The molecule has 3 atom stereocenters. The SMILES string of the molecule is CC1CC1C(=O)C(C#N)c1ccc(F)cc1F. The Labute approximate surface area is 97.9 Å². The third-order valence-corrected chi connectivity index (χ3v) is 3.16. The maximum absolute atomic E-state index is 13.5. The first-order valence-corrected chi connectivity index (χ1v) is 5.43. The fourth-order valence-electron chi connectivity index (χ4n) is 1.95. The van der Waals surface area contributed by atoms with Crippen molar-refractivity contribution in [1.29, 1.82) is 5.26 Å². The van der Waals surface area contributed by atoms with Crippen LogP contribution in [0.4, 0.5) is 8.78 Å². The van der Waals surface area contributed by atoms with Crippen LogP contribution in [-0.2, 0) is 4.79 Å². The van der Waals surface area contributed by atoms with Gasteiger partial charge in [-0.25, -0.2) is 8.78 Å². The minimum Gasteiger partial charge on any atom is -0.298 e. The standard InChI is InChI=1S/C13H11F2NO/c1-7-4-10(7)13(17)11(6-16)9-3-2-8(14)5-12(9)15/h2-3,5,7,10-11H,4H2,1H3. The molecule has 1 aromatic rings. The van der Waals surface area contributed by atoms with Crippen LogP contribution in [0.3, 0.4) is 0 Å². The van der Waals surface area contributed by atoms with Gasteiger partial charge in [0.25, 0.3) is 0 Å². The van der Waals surface area contributed by atoms with E-state index in [0.717, 1.165) is 12.5 Å². The number of carbonyl (C=O) groups excluding carboxylic acids is 1. The van der Waals surface area contributed by atoms with Crippen molar-refractivity contribution >= 4 is 5.78 Å². The molecule has 0 bridgehead atoms. The third-order valence-electron chi connectivity index (χ3n) is 3.16. The largest absolute Gasteiger partial charge is 0.298 e. The molecule has 0 saturated heterocycles. The summed E-state index contributed by atoms with van der Waals surface area (Å²) in [4.78, 5) is 11.9. The van der Waals surface area contributed by atoms with E-state index in [1.165, 1.54) is 6.07 Å². The third kappa shape index (κ3) is 2.19. The van der Waals surface area contributed by atoms with Crippen molar-refractivity contribution in [2.24, 2.45) is 11.8 Å². The lowest BCUT2D eigenvalue weighted by Gasteiger charge is -2.09. The first kappa shape index (κ1) is 11.7. The van der Waals surface area contributed by atoms with Crippen molar-refractivity contribution in [3.8, 4) is 6.07 Å². The van der Waals surface area contributed by atoms with E-state index in [1.807, 2.05) is 13.0 Å². The number of carbonyl (C=O) groups is 1. The summed E-state index contributed by atoms with van der Waals surface area (Å²) < 4.78 is 26.2. The highest BCUT2D eigenvalue weighted by Gasteiger charge is 2.43. The second-order valence-electron chi connectivity index (χ2n) is 4.45. The van der Waals surface area contributed by atoms with Gasteiger partial charge in [0, 0.05) is 17.5 Å². The molecule has 0 spiro atoms. The first-order chi connectivity index (χ1) is 8.04. The zero-order valence-electron chi connectivity index (χ0n) is 9.28. The molecule has 2 rings (SSSR count). The summed E-state index contributed by atoms with van der Waals surface area (Å²) >= 11 is 0. The Bertz CT molecular complexity index is 507. The molecule has 0 aliphatic heterocycles. The molecule has 0 amide bonds. The van der Waals surface area contributed by atoms with Crippen molar-refractivity contribution in [2.75, 3.05) is 0 Å². The number of Topliss-reactive ketones (excluding diaryl/α,β-unsaturated/α-hetero) is 1. The van der Waals surface area contributed by atoms with Gasteiger partial charge in [-0.05, 0) is 18.4 Å². The van der Waals surface area contributed by atoms with Crippen LogP contribution in [0.15, 0.2) is 18.2 Å². The molecule has 0 N–H and O–H groups in total. The first-order valence-electron chi connectivity index (χ1n) is 5.43. The number of hydrogen-bond acceptors (Lipinski definition) is 2. The van der Waals surface area contributed by atoms with Crippen molar-refractivity contribution in [1.82, 2.24) is 0 Å². The highest BCUT2D eigenvalue weighted by Crippen LogP contribution is 2.42. The molecule has 1 aliphatic rings. The van der Waals surface area contributed by atoms with Gasteiger partial charge < -0.3 is 0 Å². The quantitative estimate of drug-likeness (QED) is 0.808. The van der Waals surface area contributed by atoms with E-state index in [4.69, 9.17) is 5.26 Å². The summed E-state index contributed by atoms with van der Waals surface area (Å²) in [6.07, 6.45) is 0.750. The van der Waals surface area contributed by atoms with Crippen LogP contribution < -0.4 is 0 Å². The van der Waals surface area contributed by atoms with Crippen LogP contribution in [0.1, 0.15) is 24.8 Å². The van der Waals surface area contributed by atoms with E-state index in [9.17, 15) is 13.6 Å². The zero-order valence-corrected chi connectivity index (χ0v) is 9.28. The molecule has 0 heterocycles. The molecule has 2 nitrogen and oxygen atoms in total. The summed E-state index contributed by atoms with van der Waals surface area (Å²) in [5.74, 6) is -2.81. The maximum Gasteiger partial charge on any atom is 0.157 e. The average Bonchev–Trinajstić information content (AvgIpc) is 2.99. The zero-order chi connectivity index (χ0) is 12.6.